The first kappa shape index (κ1) is 16.9. The molecule has 1 aromatic carbocycles. The van der Waals surface area contributed by atoms with E-state index in [-0.39, 0.29) is 5.91 Å². The average molecular weight is 316 g/mol. The smallest absolute Gasteiger partial charge is 0.230 e. The number of carbonyl (C=O) groups is 1. The second-order valence-electron chi connectivity index (χ2n) is 6.28. The van der Waals surface area contributed by atoms with Crippen LogP contribution in [0, 0.1) is 23.2 Å². The van der Waals surface area contributed by atoms with E-state index in [1.54, 1.807) is 11.8 Å². The number of nitrogens with one attached hydrogen (secondary N) is 1. The van der Waals surface area contributed by atoms with Crippen molar-refractivity contribution in [1.29, 1.82) is 5.26 Å². The van der Waals surface area contributed by atoms with Gasteiger partial charge in [-0.15, -0.1) is 11.8 Å². The highest BCUT2D eigenvalue weighted by Gasteiger charge is 2.28. The van der Waals surface area contributed by atoms with Crippen molar-refractivity contribution in [2.45, 2.75) is 44.9 Å². The molecule has 1 N–H and O–H groups in total. The molecule has 2 unspecified atom stereocenters. The van der Waals surface area contributed by atoms with E-state index in [4.69, 9.17) is 5.26 Å². The maximum atomic E-state index is 12.1. The zero-order chi connectivity index (χ0) is 15.9. The average Bonchev–Trinajstić information content (AvgIpc) is 2.52. The normalized spacial score (nSPS) is 24.5. The molecule has 22 heavy (non-hydrogen) atoms. The van der Waals surface area contributed by atoms with Gasteiger partial charge in [-0.25, -0.2) is 0 Å². The molecule has 0 bridgehead atoms. The molecular formula is C18H24N2OS. The molecule has 0 aromatic heterocycles. The van der Waals surface area contributed by atoms with Crippen molar-refractivity contribution in [2.24, 2.45) is 11.8 Å². The molecule has 0 heterocycles. The Balaban J connectivity index is 1.74. The summed E-state index contributed by atoms with van der Waals surface area (Å²) in [6.07, 6.45) is 3.71. The summed E-state index contributed by atoms with van der Waals surface area (Å²) in [6.45, 7) is 4.48. The Morgan fingerprint density at radius 3 is 2.50 bits per heavy atom. The van der Waals surface area contributed by atoms with Crippen LogP contribution >= 0.6 is 11.8 Å². The molecule has 0 spiro atoms. The predicted octanol–water partition coefficient (Wildman–Crippen LogP) is 3.73. The monoisotopic (exact) mass is 316 g/mol. The third-order valence-corrected chi connectivity index (χ3v) is 5.46. The van der Waals surface area contributed by atoms with Crippen LogP contribution in [0.25, 0.3) is 0 Å². The van der Waals surface area contributed by atoms with Gasteiger partial charge in [0.25, 0.3) is 0 Å². The summed E-state index contributed by atoms with van der Waals surface area (Å²) in [5.41, 5.74) is 1.82. The fourth-order valence-electron chi connectivity index (χ4n) is 3.13. The molecule has 118 valence electrons. The van der Waals surface area contributed by atoms with E-state index >= 15 is 0 Å². The van der Waals surface area contributed by atoms with E-state index in [0.29, 0.717) is 29.2 Å². The number of rotatable bonds is 5. The quantitative estimate of drug-likeness (QED) is 0.900. The van der Waals surface area contributed by atoms with Gasteiger partial charge in [0.2, 0.25) is 5.91 Å². The molecule has 2 atom stereocenters. The molecule has 1 amide bonds. The standard InChI is InChI=1S/C18H24N2OS/c1-13-4-3-5-14(2)18(13)20-17(21)12-22-11-16-8-6-15(10-19)7-9-16/h6-9,13-14,18H,3-5,11-12H2,1-2H3,(H,20,21). The number of nitrogens with zero attached hydrogens (tertiary/aromatic N) is 1. The molecule has 0 radical (unpaired) electrons. The summed E-state index contributed by atoms with van der Waals surface area (Å²) in [5, 5.41) is 12.0. The second kappa shape index (κ2) is 8.24. The molecule has 1 aromatic rings. The van der Waals surface area contributed by atoms with Crippen LogP contribution < -0.4 is 5.32 Å². The highest BCUT2D eigenvalue weighted by Crippen LogP contribution is 2.28. The van der Waals surface area contributed by atoms with E-state index in [1.165, 1.54) is 19.3 Å². The Hall–Kier alpha value is -1.47. The van der Waals surface area contributed by atoms with Crippen molar-refractivity contribution >= 4 is 17.7 Å². The van der Waals surface area contributed by atoms with E-state index in [1.807, 2.05) is 24.3 Å². The lowest BCUT2D eigenvalue weighted by Gasteiger charge is -2.35. The Morgan fingerprint density at radius 1 is 1.27 bits per heavy atom. The van der Waals surface area contributed by atoms with Gasteiger partial charge in [0.15, 0.2) is 0 Å². The molecular weight excluding hydrogens is 292 g/mol. The molecule has 1 aliphatic rings. The molecule has 1 aliphatic carbocycles. The molecule has 1 saturated carbocycles. The lowest BCUT2D eigenvalue weighted by Crippen LogP contribution is -2.46. The zero-order valence-corrected chi connectivity index (χ0v) is 14.2. The van der Waals surface area contributed by atoms with E-state index in [0.717, 1.165) is 11.3 Å². The highest BCUT2D eigenvalue weighted by molar-refractivity contribution is 7.99. The number of hydrogen-bond donors (Lipinski definition) is 1. The summed E-state index contributed by atoms with van der Waals surface area (Å²) in [4.78, 5) is 12.1. The van der Waals surface area contributed by atoms with Crippen LogP contribution in [-0.4, -0.2) is 17.7 Å². The number of benzene rings is 1. The van der Waals surface area contributed by atoms with Crippen LogP contribution in [0.4, 0.5) is 0 Å². The number of carbonyl (C=O) groups excluding carboxylic acids is 1. The van der Waals surface area contributed by atoms with Crippen LogP contribution in [0.2, 0.25) is 0 Å². The molecule has 4 heteroatoms. The number of thioether (sulfide) groups is 1. The van der Waals surface area contributed by atoms with Gasteiger partial charge >= 0.3 is 0 Å². The van der Waals surface area contributed by atoms with E-state index in [9.17, 15) is 4.79 Å². The third kappa shape index (κ3) is 4.78. The predicted molar refractivity (Wildman–Crippen MR) is 91.4 cm³/mol. The Kier molecular flexibility index (Phi) is 6.33. The van der Waals surface area contributed by atoms with Crippen molar-refractivity contribution in [2.75, 3.05) is 5.75 Å². The second-order valence-corrected chi connectivity index (χ2v) is 7.27. The molecule has 1 fully saturated rings. The van der Waals surface area contributed by atoms with Crippen LogP contribution in [0.15, 0.2) is 24.3 Å². The lowest BCUT2D eigenvalue weighted by atomic mass is 9.79. The Labute approximate surface area is 137 Å². The first-order chi connectivity index (χ1) is 10.6. The summed E-state index contributed by atoms with van der Waals surface area (Å²) < 4.78 is 0. The summed E-state index contributed by atoms with van der Waals surface area (Å²) in [5.74, 6) is 2.60. The van der Waals surface area contributed by atoms with Gasteiger partial charge in [0.05, 0.1) is 17.4 Å². The van der Waals surface area contributed by atoms with Gasteiger partial charge in [-0.3, -0.25) is 4.79 Å². The largest absolute Gasteiger partial charge is 0.352 e. The van der Waals surface area contributed by atoms with E-state index in [2.05, 4.69) is 25.2 Å². The van der Waals surface area contributed by atoms with Crippen LogP contribution in [-0.2, 0) is 10.5 Å². The topological polar surface area (TPSA) is 52.9 Å². The van der Waals surface area contributed by atoms with Gasteiger partial charge in [-0.05, 0) is 42.4 Å². The van der Waals surface area contributed by atoms with Gasteiger partial charge in [-0.1, -0.05) is 32.4 Å². The van der Waals surface area contributed by atoms with Crippen molar-refractivity contribution < 1.29 is 4.79 Å². The van der Waals surface area contributed by atoms with E-state index < -0.39 is 0 Å². The van der Waals surface area contributed by atoms with Gasteiger partial charge < -0.3 is 5.32 Å². The molecule has 2 rings (SSSR count). The maximum Gasteiger partial charge on any atom is 0.230 e. The first-order valence-corrected chi connectivity index (χ1v) is 9.11. The van der Waals surface area contributed by atoms with Gasteiger partial charge in [0, 0.05) is 11.8 Å². The van der Waals surface area contributed by atoms with Crippen molar-refractivity contribution in [1.82, 2.24) is 5.32 Å². The van der Waals surface area contributed by atoms with Crippen molar-refractivity contribution in [3.8, 4) is 6.07 Å². The maximum absolute atomic E-state index is 12.1. The van der Waals surface area contributed by atoms with Crippen molar-refractivity contribution in [3.63, 3.8) is 0 Å². The Bertz CT molecular complexity index is 525. The summed E-state index contributed by atoms with van der Waals surface area (Å²) in [6, 6.07) is 9.99. The number of nitriles is 1. The lowest BCUT2D eigenvalue weighted by molar-refractivity contribution is -0.120. The van der Waals surface area contributed by atoms with Crippen LogP contribution in [0.5, 0.6) is 0 Å². The number of hydrogen-bond acceptors (Lipinski definition) is 3. The minimum absolute atomic E-state index is 0.143. The summed E-state index contributed by atoms with van der Waals surface area (Å²) >= 11 is 1.62. The zero-order valence-electron chi connectivity index (χ0n) is 13.3. The minimum Gasteiger partial charge on any atom is -0.352 e. The first-order valence-electron chi connectivity index (χ1n) is 7.96. The molecule has 3 nitrogen and oxygen atoms in total. The fourth-order valence-corrected chi connectivity index (χ4v) is 3.93. The van der Waals surface area contributed by atoms with Crippen LogP contribution in [0.3, 0.4) is 0 Å². The fraction of sp³-hybridized carbons (Fsp3) is 0.556. The van der Waals surface area contributed by atoms with Gasteiger partial charge in [-0.2, -0.15) is 5.26 Å². The number of amides is 1. The molecule has 0 aliphatic heterocycles. The molecule has 0 saturated heterocycles. The van der Waals surface area contributed by atoms with Gasteiger partial charge in [0.1, 0.15) is 0 Å². The minimum atomic E-state index is 0.143. The van der Waals surface area contributed by atoms with Crippen molar-refractivity contribution in [3.05, 3.63) is 35.4 Å². The highest BCUT2D eigenvalue weighted by atomic mass is 32.2. The Morgan fingerprint density at radius 2 is 1.91 bits per heavy atom. The third-order valence-electron chi connectivity index (χ3n) is 4.46. The van der Waals surface area contributed by atoms with Crippen LogP contribution in [0.1, 0.15) is 44.2 Å². The SMILES string of the molecule is CC1CCCC(C)C1NC(=O)CSCc1ccc(C#N)cc1. The summed E-state index contributed by atoms with van der Waals surface area (Å²) in [7, 11) is 0.